The predicted molar refractivity (Wildman–Crippen MR) is 146 cm³/mol. The minimum Gasteiger partial charge on any atom is -0.478 e. The number of benzene rings is 3. The fraction of sp³-hybridized carbons (Fsp3) is 0.290. The number of likely N-dealkylation sites (N-methyl/N-ethyl adjacent to an activating group) is 1. The molecule has 6 heteroatoms. The number of allylic oxidation sites excluding steroid dienone is 1. The lowest BCUT2D eigenvalue weighted by Crippen LogP contribution is -2.28. The summed E-state index contributed by atoms with van der Waals surface area (Å²) in [5.41, 5.74) is 3.54. The molecule has 3 aromatic carbocycles. The Bertz CT molecular complexity index is 1150. The summed E-state index contributed by atoms with van der Waals surface area (Å²) in [5, 5.41) is 0. The molecule has 0 saturated heterocycles. The normalized spacial score (nSPS) is 11.2. The molecule has 3 rings (SSSR count). The molecular weight excluding hydrogens is 466 g/mol. The molecule has 0 spiro atoms. The van der Waals surface area contributed by atoms with Crippen molar-refractivity contribution in [1.29, 1.82) is 0 Å². The van der Waals surface area contributed by atoms with Gasteiger partial charge in [0.2, 0.25) is 5.91 Å². The van der Waals surface area contributed by atoms with Crippen LogP contribution in [0.3, 0.4) is 0 Å². The Morgan fingerprint density at radius 2 is 1.43 bits per heavy atom. The average molecular weight is 502 g/mol. The third kappa shape index (κ3) is 7.71. The van der Waals surface area contributed by atoms with Gasteiger partial charge in [-0.15, -0.1) is 0 Å². The van der Waals surface area contributed by atoms with E-state index in [-0.39, 0.29) is 25.2 Å². The predicted octanol–water partition coefficient (Wildman–Crippen LogP) is 6.07. The number of nitrogens with zero attached hydrogens (tertiary/aromatic N) is 1. The summed E-state index contributed by atoms with van der Waals surface area (Å²) in [6.45, 7) is 8.82. The van der Waals surface area contributed by atoms with Crippen molar-refractivity contribution in [3.8, 4) is 11.5 Å². The Balaban J connectivity index is 1.98. The lowest BCUT2D eigenvalue weighted by molar-refractivity contribution is -0.145. The van der Waals surface area contributed by atoms with Crippen LogP contribution in [0.2, 0.25) is 0 Å². The maximum Gasteiger partial charge on any atom is 0.344 e. The van der Waals surface area contributed by atoms with E-state index in [2.05, 4.69) is 0 Å². The second-order valence-corrected chi connectivity index (χ2v) is 8.41. The van der Waals surface area contributed by atoms with Gasteiger partial charge in [-0.25, -0.2) is 4.79 Å². The van der Waals surface area contributed by atoms with E-state index in [9.17, 15) is 9.59 Å². The van der Waals surface area contributed by atoms with Gasteiger partial charge < -0.3 is 19.1 Å². The van der Waals surface area contributed by atoms with E-state index in [1.807, 2.05) is 93.6 Å². The molecular formula is C31H35NO5. The Hall–Kier alpha value is -4.06. The molecule has 6 nitrogen and oxygen atoms in total. The first-order valence-corrected chi connectivity index (χ1v) is 12.6. The molecule has 1 amide bonds. The molecule has 0 unspecified atom stereocenters. The molecule has 0 saturated carbocycles. The molecule has 0 N–H and O–H groups in total. The zero-order valence-corrected chi connectivity index (χ0v) is 22.0. The van der Waals surface area contributed by atoms with Gasteiger partial charge in [-0.05, 0) is 62.1 Å². The van der Waals surface area contributed by atoms with Crippen molar-refractivity contribution in [2.75, 3.05) is 26.3 Å². The van der Waals surface area contributed by atoms with Crippen molar-refractivity contribution in [2.45, 2.75) is 33.8 Å². The number of esters is 1. The molecule has 0 atom stereocenters. The fourth-order valence-electron chi connectivity index (χ4n) is 3.91. The van der Waals surface area contributed by atoms with Gasteiger partial charge in [-0.2, -0.15) is 0 Å². The summed E-state index contributed by atoms with van der Waals surface area (Å²) >= 11 is 0. The smallest absolute Gasteiger partial charge is 0.344 e. The van der Waals surface area contributed by atoms with E-state index < -0.39 is 5.97 Å². The second kappa shape index (κ2) is 13.9. The minimum absolute atomic E-state index is 0.0509. The highest BCUT2D eigenvalue weighted by molar-refractivity contribution is 5.95. The first-order chi connectivity index (χ1) is 18.0. The standard InChI is InChI=1S/C31H35NO5/c1-5-32(6-2)29(33)20-23(4)26-18-19-27(28(21-26)36-22-30(34)35-7-3)37-31(24-14-10-8-11-15-24)25-16-12-9-13-17-25/h8-21,31H,5-7,22H2,1-4H3/b23-20+. The molecule has 3 aromatic rings. The van der Waals surface area contributed by atoms with Gasteiger partial charge in [0.05, 0.1) is 6.61 Å². The van der Waals surface area contributed by atoms with Crippen molar-refractivity contribution in [3.63, 3.8) is 0 Å². The lowest BCUT2D eigenvalue weighted by Gasteiger charge is -2.22. The van der Waals surface area contributed by atoms with Crippen LogP contribution in [-0.2, 0) is 14.3 Å². The summed E-state index contributed by atoms with van der Waals surface area (Å²) < 4.78 is 17.5. The Kier molecular flexibility index (Phi) is 10.3. The first-order valence-electron chi connectivity index (χ1n) is 12.6. The molecule has 194 valence electrons. The van der Waals surface area contributed by atoms with Crippen molar-refractivity contribution < 1.29 is 23.8 Å². The van der Waals surface area contributed by atoms with E-state index in [1.165, 1.54) is 0 Å². The van der Waals surface area contributed by atoms with Crippen LogP contribution in [0.25, 0.3) is 5.57 Å². The van der Waals surface area contributed by atoms with E-state index in [4.69, 9.17) is 14.2 Å². The highest BCUT2D eigenvalue weighted by Crippen LogP contribution is 2.36. The molecule has 37 heavy (non-hydrogen) atoms. The zero-order chi connectivity index (χ0) is 26.6. The maximum absolute atomic E-state index is 12.6. The van der Waals surface area contributed by atoms with Crippen LogP contribution in [-0.4, -0.2) is 43.1 Å². The monoisotopic (exact) mass is 501 g/mol. The summed E-state index contributed by atoms with van der Waals surface area (Å²) in [7, 11) is 0. The van der Waals surface area contributed by atoms with Gasteiger partial charge in [-0.1, -0.05) is 66.7 Å². The molecule has 0 aromatic heterocycles. The minimum atomic E-state index is -0.467. The number of hydrogen-bond acceptors (Lipinski definition) is 5. The number of carbonyl (C=O) groups excluding carboxylic acids is 2. The molecule has 0 bridgehead atoms. The summed E-state index contributed by atoms with van der Waals surface area (Å²) in [6.07, 6.45) is 1.23. The van der Waals surface area contributed by atoms with Gasteiger partial charge in [0.1, 0.15) is 6.10 Å². The van der Waals surface area contributed by atoms with Crippen molar-refractivity contribution in [3.05, 3.63) is 102 Å². The van der Waals surface area contributed by atoms with Crippen LogP contribution in [0.5, 0.6) is 11.5 Å². The molecule has 0 aliphatic rings. The first kappa shape index (κ1) is 27.5. The largest absolute Gasteiger partial charge is 0.478 e. The van der Waals surface area contributed by atoms with Crippen LogP contribution in [0, 0.1) is 0 Å². The topological polar surface area (TPSA) is 65.1 Å². The van der Waals surface area contributed by atoms with Crippen LogP contribution in [0.15, 0.2) is 84.9 Å². The van der Waals surface area contributed by atoms with E-state index in [0.717, 1.165) is 22.3 Å². The van der Waals surface area contributed by atoms with Crippen LogP contribution >= 0.6 is 0 Å². The molecule has 0 radical (unpaired) electrons. The summed E-state index contributed by atoms with van der Waals surface area (Å²) in [4.78, 5) is 26.4. The van der Waals surface area contributed by atoms with E-state index in [1.54, 1.807) is 24.0 Å². The quantitative estimate of drug-likeness (QED) is 0.223. The molecule has 0 aliphatic carbocycles. The fourth-order valence-corrected chi connectivity index (χ4v) is 3.91. The highest BCUT2D eigenvalue weighted by atomic mass is 16.6. The second-order valence-electron chi connectivity index (χ2n) is 8.41. The molecule has 0 heterocycles. The lowest BCUT2D eigenvalue weighted by atomic mass is 10.0. The van der Waals surface area contributed by atoms with Crippen LogP contribution in [0.1, 0.15) is 50.5 Å². The number of amides is 1. The third-order valence-electron chi connectivity index (χ3n) is 5.91. The van der Waals surface area contributed by atoms with E-state index >= 15 is 0 Å². The number of carbonyl (C=O) groups is 2. The Morgan fingerprint density at radius 1 is 0.838 bits per heavy atom. The van der Waals surface area contributed by atoms with Crippen LogP contribution in [0.4, 0.5) is 0 Å². The van der Waals surface area contributed by atoms with Gasteiger partial charge >= 0.3 is 5.97 Å². The molecule has 0 aliphatic heterocycles. The Labute approximate surface area is 219 Å². The van der Waals surface area contributed by atoms with Crippen LogP contribution < -0.4 is 9.47 Å². The van der Waals surface area contributed by atoms with Gasteiger partial charge in [0, 0.05) is 19.2 Å². The SMILES string of the molecule is CCOC(=O)COc1cc(/C(C)=C/C(=O)N(CC)CC)ccc1OC(c1ccccc1)c1ccccc1. The highest BCUT2D eigenvalue weighted by Gasteiger charge is 2.20. The van der Waals surface area contributed by atoms with Gasteiger partial charge in [0.25, 0.3) is 0 Å². The Morgan fingerprint density at radius 3 is 1.97 bits per heavy atom. The molecule has 0 fully saturated rings. The zero-order valence-electron chi connectivity index (χ0n) is 22.0. The average Bonchev–Trinajstić information content (AvgIpc) is 2.92. The summed E-state index contributed by atoms with van der Waals surface area (Å²) in [6, 6.07) is 25.3. The van der Waals surface area contributed by atoms with Gasteiger partial charge in [0.15, 0.2) is 18.1 Å². The van der Waals surface area contributed by atoms with Crippen molar-refractivity contribution in [2.24, 2.45) is 0 Å². The number of ether oxygens (including phenoxy) is 3. The third-order valence-corrected chi connectivity index (χ3v) is 5.91. The van der Waals surface area contributed by atoms with Crippen molar-refractivity contribution in [1.82, 2.24) is 4.90 Å². The van der Waals surface area contributed by atoms with E-state index in [0.29, 0.717) is 24.6 Å². The van der Waals surface area contributed by atoms with Crippen molar-refractivity contribution >= 4 is 17.4 Å². The number of rotatable bonds is 12. The maximum atomic E-state index is 12.6. The number of hydrogen-bond donors (Lipinski definition) is 0. The van der Waals surface area contributed by atoms with Gasteiger partial charge in [-0.3, -0.25) is 4.79 Å². The summed E-state index contributed by atoms with van der Waals surface area (Å²) in [5.74, 6) is 0.356.